The molecule has 0 heterocycles. The number of hydrogen-bond acceptors (Lipinski definition) is 6. The lowest BCUT2D eigenvalue weighted by Gasteiger charge is -2.33. The van der Waals surface area contributed by atoms with Crippen molar-refractivity contribution >= 4 is 28.6 Å². The molecule has 0 fully saturated rings. The molecule has 3 N–H and O–H groups in total. The fourth-order valence-corrected chi connectivity index (χ4v) is 4.10. The van der Waals surface area contributed by atoms with Crippen LogP contribution in [0.3, 0.4) is 0 Å². The molecule has 7 atom stereocenters. The quantitative estimate of drug-likeness (QED) is 0.256. The average molecular weight is 513 g/mol. The maximum Gasteiger partial charge on any atom is 0.305 e. The Morgan fingerprint density at radius 3 is 2.25 bits per heavy atom. The van der Waals surface area contributed by atoms with Crippen LogP contribution in [0.25, 0.3) is 0 Å². The van der Waals surface area contributed by atoms with Gasteiger partial charge in [0.2, 0.25) is 0 Å². The van der Waals surface area contributed by atoms with Gasteiger partial charge in [-0.15, -0.1) is 0 Å². The first-order valence-electron chi connectivity index (χ1n) is 10.2. The van der Waals surface area contributed by atoms with Crippen LogP contribution >= 0.6 is 22.6 Å². The van der Waals surface area contributed by atoms with Gasteiger partial charge in [0.15, 0.2) is 0 Å². The lowest BCUT2D eigenvalue weighted by molar-refractivity contribution is -0.155. The number of rotatable bonds is 15. The zero-order valence-electron chi connectivity index (χ0n) is 18.3. The van der Waals surface area contributed by atoms with Crippen LogP contribution in [0.4, 0.5) is 0 Å². The highest BCUT2D eigenvalue weighted by Gasteiger charge is 2.32. The lowest BCUT2D eigenvalue weighted by Crippen LogP contribution is -2.42. The smallest absolute Gasteiger partial charge is 0.305 e. The topological polar surface area (TPSA) is 91.0 Å². The third-order valence-corrected chi connectivity index (χ3v) is 5.80. The van der Waals surface area contributed by atoms with Gasteiger partial charge in [0.25, 0.3) is 0 Å². The molecule has 0 aromatic carbocycles. The van der Waals surface area contributed by atoms with E-state index in [-0.39, 0.29) is 42.2 Å². The summed E-state index contributed by atoms with van der Waals surface area (Å²) in [6, 6.07) is -0.242. The van der Waals surface area contributed by atoms with E-state index >= 15 is 0 Å². The van der Waals surface area contributed by atoms with Gasteiger partial charge in [-0.05, 0) is 23.3 Å². The molecule has 166 valence electrons. The van der Waals surface area contributed by atoms with Gasteiger partial charge < -0.3 is 25.1 Å². The fraction of sp³-hybridized carbons (Fsp3) is 0.857. The molecule has 0 saturated carbocycles. The average Bonchev–Trinajstić information content (AvgIpc) is 2.68. The number of carbonyl (C=O) groups is 1. The van der Waals surface area contributed by atoms with E-state index in [1.807, 2.05) is 11.0 Å². The normalized spacial score (nSPS) is 19.6. The van der Waals surface area contributed by atoms with Crippen molar-refractivity contribution in [2.24, 2.45) is 17.6 Å². The SMILES string of the molecule is CCC(=O)OC(CC[C@H](N)[C@H](CC(O)CC)OC)C(C)[C@H](OC)C(C)/C=C/I. The standard InChI is InChI=1S/C21H40INO5/c1-7-16(24)13-19(26-5)17(23)9-10-18(28-20(25)8-2)15(4)21(27-6)14(3)11-12-22/h11-12,14-19,21,24H,7-10,13,23H2,1-6H3/b12-11+/t14?,15?,16?,17-,18?,19-,21+/m0/s1. The van der Waals surface area contributed by atoms with Gasteiger partial charge in [-0.1, -0.05) is 56.4 Å². The minimum absolute atomic E-state index is 0.0116. The van der Waals surface area contributed by atoms with Crippen molar-refractivity contribution in [2.45, 2.75) is 90.3 Å². The highest BCUT2D eigenvalue weighted by atomic mass is 127. The van der Waals surface area contributed by atoms with Crippen LogP contribution in [0.5, 0.6) is 0 Å². The van der Waals surface area contributed by atoms with E-state index < -0.39 is 6.10 Å². The van der Waals surface area contributed by atoms with Gasteiger partial charge in [0.05, 0.1) is 18.3 Å². The summed E-state index contributed by atoms with van der Waals surface area (Å²) in [4.78, 5) is 12.0. The summed E-state index contributed by atoms with van der Waals surface area (Å²) in [7, 11) is 3.30. The lowest BCUT2D eigenvalue weighted by atomic mass is 9.86. The van der Waals surface area contributed by atoms with Crippen molar-refractivity contribution in [2.75, 3.05) is 14.2 Å². The zero-order valence-corrected chi connectivity index (χ0v) is 20.4. The second-order valence-electron chi connectivity index (χ2n) is 7.43. The summed E-state index contributed by atoms with van der Waals surface area (Å²) in [6.07, 6.45) is 3.82. The summed E-state index contributed by atoms with van der Waals surface area (Å²) in [5.74, 6) is -0.0144. The first-order chi connectivity index (χ1) is 13.2. The summed E-state index contributed by atoms with van der Waals surface area (Å²) in [6.45, 7) is 7.87. The van der Waals surface area contributed by atoms with Crippen LogP contribution in [0, 0.1) is 11.8 Å². The van der Waals surface area contributed by atoms with Crippen LogP contribution in [-0.4, -0.2) is 55.8 Å². The zero-order chi connectivity index (χ0) is 21.7. The number of halogens is 1. The summed E-state index contributed by atoms with van der Waals surface area (Å²) in [5.41, 5.74) is 6.34. The Morgan fingerprint density at radius 2 is 1.79 bits per heavy atom. The minimum Gasteiger partial charge on any atom is -0.462 e. The monoisotopic (exact) mass is 513 g/mol. The molecule has 6 nitrogen and oxygen atoms in total. The summed E-state index contributed by atoms with van der Waals surface area (Å²) < 4.78 is 18.9. The van der Waals surface area contributed by atoms with E-state index in [4.69, 9.17) is 19.9 Å². The number of carbonyl (C=O) groups excluding carboxylic acids is 1. The van der Waals surface area contributed by atoms with Gasteiger partial charge in [-0.2, -0.15) is 0 Å². The van der Waals surface area contributed by atoms with E-state index in [1.165, 1.54) is 0 Å². The van der Waals surface area contributed by atoms with E-state index in [9.17, 15) is 9.90 Å². The molecule has 4 unspecified atom stereocenters. The van der Waals surface area contributed by atoms with Crippen molar-refractivity contribution < 1.29 is 24.1 Å². The molecule has 0 aliphatic carbocycles. The molecular weight excluding hydrogens is 473 g/mol. The molecule has 0 rings (SSSR count). The maximum atomic E-state index is 12.0. The molecule has 0 aliphatic heterocycles. The van der Waals surface area contributed by atoms with Gasteiger partial charge in [-0.3, -0.25) is 4.79 Å². The molecular formula is C21H40INO5. The predicted octanol–water partition coefficient (Wildman–Crippen LogP) is 3.83. The number of methoxy groups -OCH3 is 2. The van der Waals surface area contributed by atoms with Crippen molar-refractivity contribution in [1.82, 2.24) is 0 Å². The van der Waals surface area contributed by atoms with E-state index in [1.54, 1.807) is 21.1 Å². The summed E-state index contributed by atoms with van der Waals surface area (Å²) >= 11 is 2.20. The van der Waals surface area contributed by atoms with Gasteiger partial charge in [0, 0.05) is 44.9 Å². The molecule has 0 aliphatic rings. The Labute approximate surface area is 184 Å². The van der Waals surface area contributed by atoms with Crippen LogP contribution in [0.15, 0.2) is 10.2 Å². The van der Waals surface area contributed by atoms with E-state index in [0.717, 1.165) is 0 Å². The number of aliphatic hydroxyl groups is 1. The van der Waals surface area contributed by atoms with E-state index in [0.29, 0.717) is 32.1 Å². The fourth-order valence-electron chi connectivity index (χ4n) is 3.45. The number of esters is 1. The number of ether oxygens (including phenoxy) is 3. The second kappa shape index (κ2) is 15.6. The van der Waals surface area contributed by atoms with Crippen LogP contribution in [0.2, 0.25) is 0 Å². The molecule has 28 heavy (non-hydrogen) atoms. The first kappa shape index (κ1) is 27.8. The van der Waals surface area contributed by atoms with Crippen LogP contribution in [-0.2, 0) is 19.0 Å². The predicted molar refractivity (Wildman–Crippen MR) is 121 cm³/mol. The molecule has 0 radical (unpaired) electrons. The second-order valence-corrected chi connectivity index (χ2v) is 8.15. The highest BCUT2D eigenvalue weighted by molar-refractivity contribution is 14.1. The first-order valence-corrected chi connectivity index (χ1v) is 11.5. The number of nitrogens with two attached hydrogens (primary N) is 1. The number of hydrogen-bond donors (Lipinski definition) is 2. The Hall–Kier alpha value is -0.220. The third kappa shape index (κ3) is 10.0. The van der Waals surface area contributed by atoms with Crippen molar-refractivity contribution in [3.63, 3.8) is 0 Å². The molecule has 0 aromatic heterocycles. The van der Waals surface area contributed by atoms with Crippen molar-refractivity contribution in [3.8, 4) is 0 Å². The highest BCUT2D eigenvalue weighted by Crippen LogP contribution is 2.27. The Balaban J connectivity index is 5.16. The Morgan fingerprint density at radius 1 is 1.14 bits per heavy atom. The van der Waals surface area contributed by atoms with Crippen LogP contribution in [0.1, 0.15) is 59.8 Å². The Kier molecular flexibility index (Phi) is 15.5. The molecule has 0 aromatic rings. The van der Waals surface area contributed by atoms with Crippen molar-refractivity contribution in [3.05, 3.63) is 10.2 Å². The third-order valence-electron chi connectivity index (χ3n) is 5.38. The molecule has 0 bridgehead atoms. The molecule has 0 amide bonds. The van der Waals surface area contributed by atoms with Gasteiger partial charge in [0.1, 0.15) is 6.10 Å². The van der Waals surface area contributed by atoms with Gasteiger partial charge in [-0.25, -0.2) is 0 Å². The Bertz CT molecular complexity index is 449. The van der Waals surface area contributed by atoms with Crippen LogP contribution < -0.4 is 5.73 Å². The molecule has 7 heteroatoms. The van der Waals surface area contributed by atoms with Gasteiger partial charge >= 0.3 is 5.97 Å². The number of aliphatic hydroxyl groups excluding tert-OH is 1. The molecule has 0 saturated heterocycles. The largest absolute Gasteiger partial charge is 0.462 e. The molecule has 0 spiro atoms. The maximum absolute atomic E-state index is 12.0. The summed E-state index contributed by atoms with van der Waals surface area (Å²) in [5, 5.41) is 9.91. The van der Waals surface area contributed by atoms with E-state index in [2.05, 4.69) is 42.5 Å². The van der Waals surface area contributed by atoms with Crippen molar-refractivity contribution in [1.29, 1.82) is 0 Å². The minimum atomic E-state index is -0.428.